The van der Waals surface area contributed by atoms with Gasteiger partial charge in [-0.25, -0.2) is 4.39 Å². The summed E-state index contributed by atoms with van der Waals surface area (Å²) in [4.78, 5) is 24.9. The summed E-state index contributed by atoms with van der Waals surface area (Å²) in [6.07, 6.45) is -4.51. The van der Waals surface area contributed by atoms with Gasteiger partial charge >= 0.3 is 12.1 Å². The number of hydrogen-bond acceptors (Lipinski definition) is 3. The largest absolute Gasteiger partial charge is 0.466 e. The van der Waals surface area contributed by atoms with Crippen molar-refractivity contribution in [3.05, 3.63) is 63.4 Å². The lowest BCUT2D eigenvalue weighted by molar-refractivity contribution is -0.178. The van der Waals surface area contributed by atoms with Crippen LogP contribution in [0.2, 0.25) is 10.0 Å². The third-order valence-corrected chi connectivity index (χ3v) is 5.68. The highest BCUT2D eigenvalue weighted by molar-refractivity contribution is 6.33. The molecule has 1 amide bonds. The van der Waals surface area contributed by atoms with E-state index in [1.165, 1.54) is 18.2 Å². The molecule has 0 saturated heterocycles. The summed E-state index contributed by atoms with van der Waals surface area (Å²) in [6.45, 7) is 4.38. The first-order chi connectivity index (χ1) is 15.3. The van der Waals surface area contributed by atoms with Crippen LogP contribution in [0.25, 0.3) is 0 Å². The molecule has 0 heterocycles. The van der Waals surface area contributed by atoms with E-state index >= 15 is 0 Å². The van der Waals surface area contributed by atoms with E-state index < -0.39 is 47.2 Å². The van der Waals surface area contributed by atoms with Gasteiger partial charge in [-0.15, -0.1) is 0 Å². The highest BCUT2D eigenvalue weighted by Gasteiger charge is 2.45. The molecular formula is C23H23Cl2F4NO3. The molecule has 0 aliphatic carbocycles. The van der Waals surface area contributed by atoms with E-state index in [-0.39, 0.29) is 28.8 Å². The van der Waals surface area contributed by atoms with Crippen LogP contribution in [-0.4, -0.2) is 24.7 Å². The summed E-state index contributed by atoms with van der Waals surface area (Å²) in [7, 11) is 0. The molecule has 0 fully saturated rings. The smallest absolute Gasteiger partial charge is 0.392 e. The first-order valence-electron chi connectivity index (χ1n) is 10.1. The first kappa shape index (κ1) is 26.9. The normalized spacial score (nSPS) is 14.3. The van der Waals surface area contributed by atoms with E-state index in [9.17, 15) is 27.2 Å². The van der Waals surface area contributed by atoms with Gasteiger partial charge in [0.25, 0.3) is 0 Å². The Morgan fingerprint density at radius 3 is 2.33 bits per heavy atom. The molecule has 0 aliphatic rings. The Labute approximate surface area is 199 Å². The quantitative estimate of drug-likeness (QED) is 0.316. The van der Waals surface area contributed by atoms with Crippen molar-refractivity contribution in [2.24, 2.45) is 11.8 Å². The van der Waals surface area contributed by atoms with E-state index in [2.05, 4.69) is 5.32 Å². The van der Waals surface area contributed by atoms with Gasteiger partial charge in [0.2, 0.25) is 5.91 Å². The lowest BCUT2D eigenvalue weighted by atomic mass is 9.85. The molecule has 2 aromatic rings. The minimum Gasteiger partial charge on any atom is -0.466 e. The van der Waals surface area contributed by atoms with Crippen LogP contribution in [0.15, 0.2) is 36.4 Å². The molecule has 0 radical (unpaired) electrons. The van der Waals surface area contributed by atoms with Gasteiger partial charge < -0.3 is 10.1 Å². The van der Waals surface area contributed by atoms with E-state index in [0.717, 1.165) is 19.1 Å². The number of carbonyl (C=O) groups excluding carboxylic acids is 2. The molecule has 0 saturated carbocycles. The zero-order chi connectivity index (χ0) is 24.9. The van der Waals surface area contributed by atoms with Crippen molar-refractivity contribution in [3.63, 3.8) is 0 Å². The van der Waals surface area contributed by atoms with Crippen molar-refractivity contribution in [1.29, 1.82) is 0 Å². The summed E-state index contributed by atoms with van der Waals surface area (Å²) in [5.41, 5.74) is 0.210. The maximum absolute atomic E-state index is 14.5. The zero-order valence-corrected chi connectivity index (χ0v) is 19.6. The van der Waals surface area contributed by atoms with Crippen LogP contribution in [0, 0.1) is 17.7 Å². The van der Waals surface area contributed by atoms with Crippen LogP contribution in [-0.2, 0) is 20.7 Å². The summed E-state index contributed by atoms with van der Waals surface area (Å²) in [5, 5.41) is 2.45. The molecule has 0 aromatic heterocycles. The molecular weight excluding hydrogens is 485 g/mol. The Kier molecular flexibility index (Phi) is 9.14. The van der Waals surface area contributed by atoms with Crippen LogP contribution in [0.4, 0.5) is 23.2 Å². The average molecular weight is 508 g/mol. The predicted molar refractivity (Wildman–Crippen MR) is 119 cm³/mol. The highest BCUT2D eigenvalue weighted by atomic mass is 35.5. The topological polar surface area (TPSA) is 55.4 Å². The van der Waals surface area contributed by atoms with Crippen LogP contribution < -0.4 is 5.32 Å². The van der Waals surface area contributed by atoms with E-state index in [1.807, 2.05) is 0 Å². The average Bonchev–Trinajstić information content (AvgIpc) is 2.71. The van der Waals surface area contributed by atoms with Gasteiger partial charge in [-0.05, 0) is 43.2 Å². The summed E-state index contributed by atoms with van der Waals surface area (Å²) in [5.74, 6) is -7.09. The lowest BCUT2D eigenvalue weighted by Gasteiger charge is -2.26. The maximum atomic E-state index is 14.5. The van der Waals surface area contributed by atoms with Crippen molar-refractivity contribution in [2.45, 2.75) is 39.3 Å². The number of benzene rings is 2. The van der Waals surface area contributed by atoms with Gasteiger partial charge in [0.05, 0.1) is 35.1 Å². The van der Waals surface area contributed by atoms with Crippen LogP contribution >= 0.6 is 23.2 Å². The first-order valence-corrected chi connectivity index (χ1v) is 10.9. The maximum Gasteiger partial charge on any atom is 0.392 e. The molecule has 0 spiro atoms. The number of halogens is 6. The number of alkyl halides is 3. The molecule has 180 valence electrons. The predicted octanol–water partition coefficient (Wildman–Crippen LogP) is 6.79. The van der Waals surface area contributed by atoms with Gasteiger partial charge in [-0.1, -0.05) is 49.2 Å². The Hall–Kier alpha value is -2.32. The molecule has 0 aliphatic heterocycles. The molecule has 1 N–H and O–H groups in total. The van der Waals surface area contributed by atoms with Gasteiger partial charge in [0.1, 0.15) is 5.82 Å². The lowest BCUT2D eigenvalue weighted by Crippen LogP contribution is -2.35. The van der Waals surface area contributed by atoms with Crippen LogP contribution in [0.3, 0.4) is 0 Å². The van der Waals surface area contributed by atoms with Crippen molar-refractivity contribution in [1.82, 2.24) is 0 Å². The molecule has 0 bridgehead atoms. The Balaban J connectivity index is 2.36. The van der Waals surface area contributed by atoms with Crippen molar-refractivity contribution >= 4 is 40.8 Å². The van der Waals surface area contributed by atoms with Gasteiger partial charge in [-0.3, -0.25) is 9.59 Å². The molecule has 2 aromatic carbocycles. The number of hydrogen-bond donors (Lipinski definition) is 1. The Morgan fingerprint density at radius 2 is 1.76 bits per heavy atom. The zero-order valence-electron chi connectivity index (χ0n) is 18.1. The standard InChI is InChI=1S/C23H23Cl2F4NO3/c1-4-33-22(32)12(2)9-14-5-8-17(25)19(10-14)30-21(31)20(13(3)23(27,28)29)16-7-6-15(24)11-18(16)26/h5-8,10-13,20H,4,9H2,1-3H3,(H,30,31). The second-order valence-corrected chi connectivity index (χ2v) is 8.48. The number of ether oxygens (including phenoxy) is 1. The minimum absolute atomic E-state index is 0.0125. The molecule has 4 nitrogen and oxygen atoms in total. The third kappa shape index (κ3) is 7.08. The summed E-state index contributed by atoms with van der Waals surface area (Å²) in [6, 6.07) is 7.67. The second-order valence-electron chi connectivity index (χ2n) is 7.63. The highest BCUT2D eigenvalue weighted by Crippen LogP contribution is 2.40. The van der Waals surface area contributed by atoms with Crippen LogP contribution in [0.1, 0.15) is 37.8 Å². The fourth-order valence-electron chi connectivity index (χ4n) is 3.31. The number of carbonyl (C=O) groups is 2. The molecule has 3 unspecified atom stereocenters. The molecule has 33 heavy (non-hydrogen) atoms. The number of anilines is 1. The van der Waals surface area contributed by atoms with E-state index in [4.69, 9.17) is 27.9 Å². The summed E-state index contributed by atoms with van der Waals surface area (Å²) >= 11 is 11.9. The van der Waals surface area contributed by atoms with Crippen molar-refractivity contribution in [3.8, 4) is 0 Å². The Bertz CT molecular complexity index is 1010. The monoisotopic (exact) mass is 507 g/mol. The SMILES string of the molecule is CCOC(=O)C(C)Cc1ccc(Cl)c(NC(=O)C(c2ccc(Cl)cc2F)C(C)C(F)(F)F)c1. The van der Waals surface area contributed by atoms with Gasteiger partial charge in [0.15, 0.2) is 0 Å². The molecule has 3 atom stereocenters. The number of nitrogens with one attached hydrogen (secondary N) is 1. The van der Waals surface area contributed by atoms with Gasteiger partial charge in [-0.2, -0.15) is 13.2 Å². The van der Waals surface area contributed by atoms with Gasteiger partial charge in [0, 0.05) is 10.6 Å². The number of amides is 1. The van der Waals surface area contributed by atoms with Crippen molar-refractivity contribution in [2.75, 3.05) is 11.9 Å². The third-order valence-electron chi connectivity index (χ3n) is 5.12. The van der Waals surface area contributed by atoms with Crippen LogP contribution in [0.5, 0.6) is 0 Å². The van der Waals surface area contributed by atoms with Crippen molar-refractivity contribution < 1.29 is 31.9 Å². The fraction of sp³-hybridized carbons (Fsp3) is 0.391. The number of esters is 1. The van der Waals surface area contributed by atoms with E-state index in [1.54, 1.807) is 19.9 Å². The fourth-order valence-corrected chi connectivity index (χ4v) is 3.63. The number of rotatable bonds is 8. The molecule has 10 heteroatoms. The second kappa shape index (κ2) is 11.2. The molecule has 2 rings (SSSR count). The van der Waals surface area contributed by atoms with E-state index in [0.29, 0.717) is 5.56 Å². The minimum atomic E-state index is -4.77. The summed E-state index contributed by atoms with van der Waals surface area (Å²) < 4.78 is 60.0. The Morgan fingerprint density at radius 1 is 1.09 bits per heavy atom.